The Balaban J connectivity index is 1.66. The molecule has 3 heteroatoms. The fourth-order valence-electron chi connectivity index (χ4n) is 4.09. The van der Waals surface area contributed by atoms with E-state index in [-0.39, 0.29) is 11.9 Å². The zero-order valence-electron chi connectivity index (χ0n) is 11.6. The Bertz CT molecular complexity index is 699. The first-order chi connectivity index (χ1) is 10.2. The van der Waals surface area contributed by atoms with Crippen molar-refractivity contribution in [3.05, 3.63) is 70.0 Å². The van der Waals surface area contributed by atoms with Gasteiger partial charge in [-0.05, 0) is 65.5 Å². The van der Waals surface area contributed by atoms with Crippen LogP contribution >= 0.6 is 11.6 Å². The second-order valence-corrected chi connectivity index (χ2v) is 6.60. The van der Waals surface area contributed by atoms with Crippen molar-refractivity contribution < 1.29 is 4.39 Å². The molecule has 108 valence electrons. The number of halogens is 2. The Hall–Kier alpha value is -1.38. The number of hydrogen-bond donors (Lipinski definition) is 1. The van der Waals surface area contributed by atoms with Gasteiger partial charge in [-0.2, -0.15) is 0 Å². The lowest BCUT2D eigenvalue weighted by atomic mass is 9.92. The van der Waals surface area contributed by atoms with Crippen LogP contribution in [-0.4, -0.2) is 0 Å². The molecule has 0 spiro atoms. The summed E-state index contributed by atoms with van der Waals surface area (Å²) >= 11 is 6.21. The van der Waals surface area contributed by atoms with Crippen molar-refractivity contribution in [2.75, 3.05) is 0 Å². The zero-order valence-corrected chi connectivity index (χ0v) is 12.4. The van der Waals surface area contributed by atoms with E-state index in [1.807, 2.05) is 0 Å². The first kappa shape index (κ1) is 13.3. The van der Waals surface area contributed by atoms with E-state index in [2.05, 4.69) is 24.3 Å². The van der Waals surface area contributed by atoms with Crippen LogP contribution in [0.2, 0.25) is 5.02 Å². The molecule has 2 aliphatic carbocycles. The van der Waals surface area contributed by atoms with Crippen LogP contribution in [0.15, 0.2) is 42.5 Å². The summed E-state index contributed by atoms with van der Waals surface area (Å²) in [5.74, 6) is 1.25. The quantitative estimate of drug-likeness (QED) is 0.871. The number of nitrogens with two attached hydrogens (primary N) is 1. The average molecular weight is 302 g/mol. The standard InChI is InChI=1S/C18H17ClFN/c19-15-8-6-11(20)9-14(15)18(21)17-13-7-5-10-3-1-2-4-12(10)16(13)17/h1-4,6,8-9,13,16-18H,5,7,21H2. The van der Waals surface area contributed by atoms with Crippen LogP contribution in [0.1, 0.15) is 35.1 Å². The smallest absolute Gasteiger partial charge is 0.123 e. The van der Waals surface area contributed by atoms with E-state index >= 15 is 0 Å². The monoisotopic (exact) mass is 301 g/mol. The Kier molecular flexibility index (Phi) is 3.05. The van der Waals surface area contributed by atoms with Gasteiger partial charge in [0.05, 0.1) is 0 Å². The number of aryl methyl sites for hydroxylation is 1. The summed E-state index contributed by atoms with van der Waals surface area (Å²) in [5, 5.41) is 0.570. The SMILES string of the molecule is NC(c1cc(F)ccc1Cl)C1C2CCc3ccccc3C21. The van der Waals surface area contributed by atoms with Gasteiger partial charge in [-0.15, -0.1) is 0 Å². The minimum atomic E-state index is -0.270. The highest BCUT2D eigenvalue weighted by molar-refractivity contribution is 6.31. The van der Waals surface area contributed by atoms with Gasteiger partial charge in [0, 0.05) is 11.1 Å². The molecule has 0 saturated heterocycles. The van der Waals surface area contributed by atoms with E-state index in [1.54, 1.807) is 6.07 Å². The van der Waals surface area contributed by atoms with Gasteiger partial charge < -0.3 is 5.73 Å². The van der Waals surface area contributed by atoms with Gasteiger partial charge in [0.1, 0.15) is 5.82 Å². The van der Waals surface area contributed by atoms with Crippen LogP contribution in [0, 0.1) is 17.7 Å². The molecule has 2 aliphatic rings. The summed E-state index contributed by atoms with van der Waals surface area (Å²) in [6.07, 6.45) is 2.30. The van der Waals surface area contributed by atoms with Crippen LogP contribution in [0.5, 0.6) is 0 Å². The van der Waals surface area contributed by atoms with Crippen molar-refractivity contribution in [3.63, 3.8) is 0 Å². The highest BCUT2D eigenvalue weighted by Gasteiger charge is 2.55. The number of benzene rings is 2. The summed E-state index contributed by atoms with van der Waals surface area (Å²) in [7, 11) is 0. The molecule has 4 atom stereocenters. The highest BCUT2D eigenvalue weighted by Crippen LogP contribution is 2.63. The minimum Gasteiger partial charge on any atom is -0.324 e. The third-order valence-corrected chi connectivity index (χ3v) is 5.47. The number of rotatable bonds is 2. The van der Waals surface area contributed by atoms with E-state index in [1.165, 1.54) is 29.7 Å². The molecule has 1 saturated carbocycles. The second kappa shape index (κ2) is 4.82. The van der Waals surface area contributed by atoms with Crippen molar-refractivity contribution >= 4 is 11.6 Å². The Morgan fingerprint density at radius 3 is 2.86 bits per heavy atom. The fourth-order valence-corrected chi connectivity index (χ4v) is 4.33. The topological polar surface area (TPSA) is 26.0 Å². The summed E-state index contributed by atoms with van der Waals surface area (Å²) in [4.78, 5) is 0. The predicted molar refractivity (Wildman–Crippen MR) is 82.8 cm³/mol. The Morgan fingerprint density at radius 2 is 2.00 bits per heavy atom. The van der Waals surface area contributed by atoms with Crippen molar-refractivity contribution in [2.45, 2.75) is 24.8 Å². The molecule has 1 nitrogen and oxygen atoms in total. The Labute approximate surface area is 128 Å². The van der Waals surface area contributed by atoms with Crippen molar-refractivity contribution in [1.29, 1.82) is 0 Å². The van der Waals surface area contributed by atoms with Crippen LogP contribution in [-0.2, 0) is 6.42 Å². The normalized spacial score (nSPS) is 27.7. The molecular formula is C18H17ClFN. The molecule has 2 aromatic rings. The molecule has 0 bridgehead atoms. The molecular weight excluding hydrogens is 285 g/mol. The first-order valence-electron chi connectivity index (χ1n) is 7.45. The Morgan fingerprint density at radius 1 is 1.19 bits per heavy atom. The molecule has 2 N–H and O–H groups in total. The van der Waals surface area contributed by atoms with Crippen LogP contribution in [0.3, 0.4) is 0 Å². The second-order valence-electron chi connectivity index (χ2n) is 6.20. The molecule has 0 radical (unpaired) electrons. The first-order valence-corrected chi connectivity index (χ1v) is 7.83. The van der Waals surface area contributed by atoms with Gasteiger partial charge in [-0.25, -0.2) is 4.39 Å². The van der Waals surface area contributed by atoms with Crippen molar-refractivity contribution in [3.8, 4) is 0 Å². The molecule has 0 aromatic heterocycles. The third-order valence-electron chi connectivity index (χ3n) is 5.12. The fraction of sp³-hybridized carbons (Fsp3) is 0.333. The van der Waals surface area contributed by atoms with E-state index in [0.717, 1.165) is 12.0 Å². The molecule has 0 amide bonds. The predicted octanol–water partition coefficient (Wildman–Crippen LogP) is 4.45. The lowest BCUT2D eigenvalue weighted by Crippen LogP contribution is -2.15. The largest absolute Gasteiger partial charge is 0.324 e. The highest BCUT2D eigenvalue weighted by atomic mass is 35.5. The molecule has 4 rings (SSSR count). The van der Waals surface area contributed by atoms with Gasteiger partial charge in [-0.1, -0.05) is 35.9 Å². The van der Waals surface area contributed by atoms with E-state index in [4.69, 9.17) is 17.3 Å². The van der Waals surface area contributed by atoms with Crippen LogP contribution in [0.25, 0.3) is 0 Å². The lowest BCUT2D eigenvalue weighted by Gasteiger charge is -2.14. The molecule has 0 aliphatic heterocycles. The average Bonchev–Trinajstić information content (AvgIpc) is 3.24. The maximum atomic E-state index is 13.5. The van der Waals surface area contributed by atoms with Gasteiger partial charge in [0.2, 0.25) is 0 Å². The van der Waals surface area contributed by atoms with Crippen LogP contribution in [0.4, 0.5) is 4.39 Å². The molecule has 1 fully saturated rings. The maximum absolute atomic E-state index is 13.5. The van der Waals surface area contributed by atoms with Crippen molar-refractivity contribution in [1.82, 2.24) is 0 Å². The molecule has 21 heavy (non-hydrogen) atoms. The van der Waals surface area contributed by atoms with Gasteiger partial charge >= 0.3 is 0 Å². The molecule has 2 aromatic carbocycles. The van der Waals surface area contributed by atoms with Crippen LogP contribution < -0.4 is 5.73 Å². The summed E-state index contributed by atoms with van der Waals surface area (Å²) in [5.41, 5.74) is 10.1. The van der Waals surface area contributed by atoms with E-state index in [9.17, 15) is 4.39 Å². The van der Waals surface area contributed by atoms with Gasteiger partial charge in [0.15, 0.2) is 0 Å². The van der Waals surface area contributed by atoms with Crippen molar-refractivity contribution in [2.24, 2.45) is 17.6 Å². The lowest BCUT2D eigenvalue weighted by molar-refractivity contribution is 0.549. The summed E-state index contributed by atoms with van der Waals surface area (Å²) in [6.45, 7) is 0. The molecule has 4 unspecified atom stereocenters. The van der Waals surface area contributed by atoms with E-state index in [0.29, 0.717) is 22.8 Å². The number of fused-ring (bicyclic) bond motifs is 3. The third kappa shape index (κ3) is 2.09. The van der Waals surface area contributed by atoms with E-state index < -0.39 is 0 Å². The van der Waals surface area contributed by atoms with Gasteiger partial charge in [0.25, 0.3) is 0 Å². The summed E-state index contributed by atoms with van der Waals surface area (Å²) in [6, 6.07) is 12.9. The maximum Gasteiger partial charge on any atom is 0.123 e. The number of hydrogen-bond acceptors (Lipinski definition) is 1. The zero-order chi connectivity index (χ0) is 14.6. The summed E-state index contributed by atoms with van der Waals surface area (Å²) < 4.78 is 13.5. The molecule has 0 heterocycles. The van der Waals surface area contributed by atoms with Gasteiger partial charge in [-0.3, -0.25) is 0 Å². The minimum absolute atomic E-state index is 0.186.